The summed E-state index contributed by atoms with van der Waals surface area (Å²) in [7, 11) is 0. The summed E-state index contributed by atoms with van der Waals surface area (Å²) in [6, 6.07) is 12.6. The number of hydrogen-bond acceptors (Lipinski definition) is 5. The summed E-state index contributed by atoms with van der Waals surface area (Å²) in [6.07, 6.45) is 1.17. The van der Waals surface area contributed by atoms with Gasteiger partial charge >= 0.3 is 0 Å². The van der Waals surface area contributed by atoms with Gasteiger partial charge in [-0.25, -0.2) is 0 Å². The highest BCUT2D eigenvalue weighted by molar-refractivity contribution is 6.30. The number of halogens is 1. The zero-order chi connectivity index (χ0) is 19.1. The van der Waals surface area contributed by atoms with Gasteiger partial charge in [-0.2, -0.15) is 5.26 Å². The Labute approximate surface area is 154 Å². The molecule has 2 amide bonds. The number of aromatic hydroxyl groups is 1. The maximum atomic E-state index is 12.2. The minimum absolute atomic E-state index is 0.0723. The van der Waals surface area contributed by atoms with Crippen molar-refractivity contribution in [2.24, 2.45) is 0 Å². The molecule has 0 aromatic heterocycles. The molecule has 4 N–H and O–H groups in total. The standard InChI is InChI=1S/C18H15ClN4O3/c1-11(24)22-14-3-5-15(6-4-14)23-18(26)12(9-20)10-21-16-8-13(19)2-7-17(16)25/h2-8,10,21,25H,1H3,(H,22,24)(H,23,26)/b12-10-. The number of nitrogens with one attached hydrogen (secondary N) is 3. The van der Waals surface area contributed by atoms with Gasteiger partial charge in [-0.05, 0) is 42.5 Å². The number of amides is 2. The first kappa shape index (κ1) is 18.8. The van der Waals surface area contributed by atoms with Gasteiger partial charge < -0.3 is 21.1 Å². The minimum Gasteiger partial charge on any atom is -0.506 e. The third kappa shape index (κ3) is 5.26. The van der Waals surface area contributed by atoms with Crippen molar-refractivity contribution in [3.05, 3.63) is 59.3 Å². The molecule has 7 nitrogen and oxygen atoms in total. The third-order valence-corrected chi connectivity index (χ3v) is 3.39. The van der Waals surface area contributed by atoms with Gasteiger partial charge in [0.2, 0.25) is 5.91 Å². The average molecular weight is 371 g/mol. The molecule has 0 aliphatic heterocycles. The lowest BCUT2D eigenvalue weighted by Crippen LogP contribution is -2.14. The molecule has 2 rings (SSSR count). The Bertz CT molecular complexity index is 902. The van der Waals surface area contributed by atoms with Crippen molar-refractivity contribution in [2.75, 3.05) is 16.0 Å². The van der Waals surface area contributed by atoms with Crippen LogP contribution in [0, 0.1) is 11.3 Å². The van der Waals surface area contributed by atoms with E-state index in [0.717, 1.165) is 0 Å². The summed E-state index contributed by atoms with van der Waals surface area (Å²) in [5, 5.41) is 27.1. The predicted octanol–water partition coefficient (Wildman–Crippen LogP) is 3.46. The van der Waals surface area contributed by atoms with E-state index in [9.17, 15) is 14.7 Å². The molecule has 0 heterocycles. The van der Waals surface area contributed by atoms with Crippen LogP contribution in [0.3, 0.4) is 0 Å². The molecule has 0 radical (unpaired) electrons. The Balaban J connectivity index is 2.07. The number of benzene rings is 2. The van der Waals surface area contributed by atoms with Crippen molar-refractivity contribution in [2.45, 2.75) is 6.92 Å². The van der Waals surface area contributed by atoms with Crippen LogP contribution >= 0.6 is 11.6 Å². The highest BCUT2D eigenvalue weighted by Crippen LogP contribution is 2.26. The fraction of sp³-hybridized carbons (Fsp3) is 0.0556. The molecular weight excluding hydrogens is 356 g/mol. The molecule has 0 saturated heterocycles. The second-order valence-electron chi connectivity index (χ2n) is 5.19. The van der Waals surface area contributed by atoms with Crippen LogP contribution < -0.4 is 16.0 Å². The lowest BCUT2D eigenvalue weighted by atomic mass is 10.2. The van der Waals surface area contributed by atoms with Crippen LogP contribution in [0.2, 0.25) is 5.02 Å². The predicted molar refractivity (Wildman–Crippen MR) is 99.8 cm³/mol. The van der Waals surface area contributed by atoms with Gasteiger partial charge in [-0.15, -0.1) is 0 Å². The zero-order valence-corrected chi connectivity index (χ0v) is 14.5. The van der Waals surface area contributed by atoms with E-state index >= 15 is 0 Å². The maximum Gasteiger partial charge on any atom is 0.267 e. The smallest absolute Gasteiger partial charge is 0.267 e. The lowest BCUT2D eigenvalue weighted by Gasteiger charge is -2.08. The van der Waals surface area contributed by atoms with Gasteiger partial charge in [-0.3, -0.25) is 9.59 Å². The molecule has 26 heavy (non-hydrogen) atoms. The Hall–Kier alpha value is -3.50. The van der Waals surface area contributed by atoms with Gasteiger partial charge in [0, 0.05) is 29.5 Å². The number of phenols is 1. The summed E-state index contributed by atoms with van der Waals surface area (Å²) in [4.78, 5) is 23.2. The molecule has 0 bridgehead atoms. The fourth-order valence-electron chi connectivity index (χ4n) is 1.96. The summed E-state index contributed by atoms with van der Waals surface area (Å²) in [6.45, 7) is 1.39. The van der Waals surface area contributed by atoms with E-state index in [2.05, 4.69) is 16.0 Å². The van der Waals surface area contributed by atoms with E-state index in [1.54, 1.807) is 30.3 Å². The Morgan fingerprint density at radius 3 is 2.31 bits per heavy atom. The van der Waals surface area contributed by atoms with Crippen LogP contribution in [0.15, 0.2) is 54.2 Å². The van der Waals surface area contributed by atoms with Gasteiger partial charge in [0.05, 0.1) is 5.69 Å². The van der Waals surface area contributed by atoms with Gasteiger partial charge in [-0.1, -0.05) is 11.6 Å². The first-order valence-electron chi connectivity index (χ1n) is 7.43. The number of nitrogens with zero attached hydrogens (tertiary/aromatic N) is 1. The number of hydrogen-bond donors (Lipinski definition) is 4. The third-order valence-electron chi connectivity index (χ3n) is 3.16. The summed E-state index contributed by atoms with van der Waals surface area (Å²) >= 11 is 5.84. The van der Waals surface area contributed by atoms with Crippen molar-refractivity contribution in [3.63, 3.8) is 0 Å². The average Bonchev–Trinajstić information content (AvgIpc) is 2.59. The summed E-state index contributed by atoms with van der Waals surface area (Å²) in [5.74, 6) is -0.905. The summed E-state index contributed by atoms with van der Waals surface area (Å²) in [5.41, 5.74) is 1.11. The van der Waals surface area contributed by atoms with E-state index in [4.69, 9.17) is 16.9 Å². The first-order valence-corrected chi connectivity index (χ1v) is 7.81. The zero-order valence-electron chi connectivity index (χ0n) is 13.7. The number of rotatable bonds is 5. The van der Waals surface area contributed by atoms with E-state index in [1.807, 2.05) is 0 Å². The number of anilines is 3. The van der Waals surface area contributed by atoms with E-state index < -0.39 is 5.91 Å². The Morgan fingerprint density at radius 1 is 1.12 bits per heavy atom. The molecule has 0 aliphatic carbocycles. The van der Waals surface area contributed by atoms with Crippen molar-refractivity contribution in [1.29, 1.82) is 5.26 Å². The molecule has 2 aromatic carbocycles. The molecule has 0 aliphatic rings. The largest absolute Gasteiger partial charge is 0.506 e. The van der Waals surface area contributed by atoms with E-state index in [-0.39, 0.29) is 22.9 Å². The molecule has 8 heteroatoms. The normalized spacial score (nSPS) is 10.6. The monoisotopic (exact) mass is 370 g/mol. The quantitative estimate of drug-likeness (QED) is 0.365. The van der Waals surface area contributed by atoms with E-state index in [0.29, 0.717) is 16.4 Å². The maximum absolute atomic E-state index is 12.2. The van der Waals surface area contributed by atoms with Crippen molar-refractivity contribution >= 4 is 40.5 Å². The van der Waals surface area contributed by atoms with Gasteiger partial charge in [0.25, 0.3) is 5.91 Å². The van der Waals surface area contributed by atoms with Crippen LogP contribution in [0.25, 0.3) is 0 Å². The Morgan fingerprint density at radius 2 is 1.73 bits per heavy atom. The van der Waals surface area contributed by atoms with Crippen LogP contribution in [-0.4, -0.2) is 16.9 Å². The molecule has 132 valence electrons. The highest BCUT2D eigenvalue weighted by Gasteiger charge is 2.10. The number of phenolic OH excluding ortho intramolecular Hbond substituents is 1. The van der Waals surface area contributed by atoms with Crippen LogP contribution in [-0.2, 0) is 9.59 Å². The highest BCUT2D eigenvalue weighted by atomic mass is 35.5. The first-order chi connectivity index (χ1) is 12.4. The second-order valence-corrected chi connectivity index (χ2v) is 5.62. The number of carbonyl (C=O) groups excluding carboxylic acids is 2. The molecule has 2 aromatic rings. The minimum atomic E-state index is -0.631. The number of carbonyl (C=O) groups is 2. The Kier molecular flexibility index (Phi) is 6.20. The molecule has 0 spiro atoms. The van der Waals surface area contributed by atoms with Crippen LogP contribution in [0.4, 0.5) is 17.1 Å². The molecule has 0 saturated carbocycles. The molecule has 0 unspecified atom stereocenters. The van der Waals surface area contributed by atoms with Crippen LogP contribution in [0.1, 0.15) is 6.92 Å². The fourth-order valence-corrected chi connectivity index (χ4v) is 2.13. The second kappa shape index (κ2) is 8.55. The number of nitriles is 1. The summed E-state index contributed by atoms with van der Waals surface area (Å²) < 4.78 is 0. The van der Waals surface area contributed by atoms with Gasteiger partial charge in [0.15, 0.2) is 0 Å². The molecular formula is C18H15ClN4O3. The topological polar surface area (TPSA) is 114 Å². The van der Waals surface area contributed by atoms with Crippen molar-refractivity contribution in [3.8, 4) is 11.8 Å². The molecule has 0 atom stereocenters. The SMILES string of the molecule is CC(=O)Nc1ccc(NC(=O)/C(C#N)=C\Nc2cc(Cl)ccc2O)cc1. The van der Waals surface area contributed by atoms with Crippen LogP contribution in [0.5, 0.6) is 5.75 Å². The van der Waals surface area contributed by atoms with Crippen molar-refractivity contribution in [1.82, 2.24) is 0 Å². The van der Waals surface area contributed by atoms with E-state index in [1.165, 1.54) is 31.3 Å². The van der Waals surface area contributed by atoms with Gasteiger partial charge in [0.1, 0.15) is 17.4 Å². The molecule has 0 fully saturated rings. The lowest BCUT2D eigenvalue weighted by molar-refractivity contribution is -0.114. The van der Waals surface area contributed by atoms with Crippen molar-refractivity contribution < 1.29 is 14.7 Å².